The van der Waals surface area contributed by atoms with Crippen LogP contribution < -0.4 is 15.0 Å². The monoisotopic (exact) mass is 425 g/mol. The number of fused-ring (bicyclic) bond motifs is 1. The fourth-order valence-electron chi connectivity index (χ4n) is 3.55. The highest BCUT2D eigenvalue weighted by atomic mass is 19.4. The van der Waals surface area contributed by atoms with Crippen LogP contribution in [0.4, 0.5) is 24.9 Å². The number of nitroso groups, excluding NO2 is 1. The third-order valence-corrected chi connectivity index (χ3v) is 5.08. The van der Waals surface area contributed by atoms with Crippen LogP contribution in [0, 0.1) is 10.8 Å². The smallest absolute Gasteiger partial charge is 0.433 e. The molecule has 0 saturated carbocycles. The first-order valence-electron chi connectivity index (χ1n) is 9.32. The molecule has 13 heteroatoms. The van der Waals surface area contributed by atoms with Crippen molar-refractivity contribution in [2.45, 2.75) is 31.6 Å². The molecule has 2 aliphatic heterocycles. The maximum Gasteiger partial charge on any atom is 0.433 e. The lowest BCUT2D eigenvalue weighted by molar-refractivity contribution is -0.141. The molecule has 0 spiro atoms. The molecule has 1 saturated heterocycles. The van der Waals surface area contributed by atoms with Crippen LogP contribution in [0.2, 0.25) is 0 Å². The summed E-state index contributed by atoms with van der Waals surface area (Å²) in [5.41, 5.74) is -0.989. The van der Waals surface area contributed by atoms with Gasteiger partial charge in [-0.1, -0.05) is 0 Å². The number of aromatic nitrogens is 4. The number of anilines is 1. The normalized spacial score (nSPS) is 19.7. The SMILES string of the molecule is O=Nc1cn2c(n1)OCC(NC(=O)C1CCN(c3nccc(C(F)(F)F)n3)CC1)C2. The second-order valence-electron chi connectivity index (χ2n) is 7.14. The Morgan fingerprint density at radius 2 is 2.03 bits per heavy atom. The lowest BCUT2D eigenvalue weighted by atomic mass is 9.95. The standard InChI is InChI=1S/C17H18F3N7O3/c18-17(19,20)12-1-4-21-15(23-12)26-5-2-10(3-6-26)14(28)22-11-7-27-8-13(25-29)24-16(27)30-9-11/h1,4,8,10-11H,2-3,5-7,9H2,(H,22,28). The van der Waals surface area contributed by atoms with Crippen molar-refractivity contribution in [2.75, 3.05) is 24.6 Å². The van der Waals surface area contributed by atoms with Crippen LogP contribution in [0.1, 0.15) is 18.5 Å². The van der Waals surface area contributed by atoms with E-state index in [4.69, 9.17) is 4.74 Å². The number of rotatable bonds is 4. The van der Waals surface area contributed by atoms with E-state index in [9.17, 15) is 22.9 Å². The van der Waals surface area contributed by atoms with Crippen LogP contribution >= 0.6 is 0 Å². The number of nitrogens with one attached hydrogen (secondary N) is 1. The Kier molecular flexibility index (Phi) is 5.26. The second-order valence-corrected chi connectivity index (χ2v) is 7.14. The van der Waals surface area contributed by atoms with Crippen molar-refractivity contribution in [3.63, 3.8) is 0 Å². The molecule has 0 aliphatic carbocycles. The molecule has 1 N–H and O–H groups in total. The number of piperidine rings is 1. The van der Waals surface area contributed by atoms with Crippen LogP contribution in [-0.2, 0) is 17.5 Å². The lowest BCUT2D eigenvalue weighted by Gasteiger charge is -2.33. The van der Waals surface area contributed by atoms with Gasteiger partial charge in [-0.05, 0) is 24.1 Å². The highest BCUT2D eigenvalue weighted by molar-refractivity contribution is 5.79. The molecule has 2 aromatic heterocycles. The summed E-state index contributed by atoms with van der Waals surface area (Å²) in [6.45, 7) is 1.37. The van der Waals surface area contributed by atoms with E-state index in [1.54, 1.807) is 9.47 Å². The van der Waals surface area contributed by atoms with Gasteiger partial charge >= 0.3 is 6.18 Å². The van der Waals surface area contributed by atoms with Gasteiger partial charge in [0.05, 0.1) is 18.8 Å². The molecule has 1 atom stereocenters. The van der Waals surface area contributed by atoms with E-state index in [2.05, 4.69) is 25.4 Å². The van der Waals surface area contributed by atoms with E-state index in [1.807, 2.05) is 0 Å². The number of imidazole rings is 1. The minimum absolute atomic E-state index is 0.0107. The predicted octanol–water partition coefficient (Wildman–Crippen LogP) is 1.88. The van der Waals surface area contributed by atoms with Crippen molar-refractivity contribution in [3.05, 3.63) is 29.1 Å². The first-order valence-corrected chi connectivity index (χ1v) is 9.32. The van der Waals surface area contributed by atoms with Gasteiger partial charge in [0.2, 0.25) is 17.7 Å². The Morgan fingerprint density at radius 3 is 2.73 bits per heavy atom. The molecule has 2 aromatic rings. The van der Waals surface area contributed by atoms with Crippen LogP contribution in [0.5, 0.6) is 6.01 Å². The first-order chi connectivity index (χ1) is 14.3. The third kappa shape index (κ3) is 4.19. The fraction of sp³-hybridized carbons (Fsp3) is 0.529. The van der Waals surface area contributed by atoms with Crippen molar-refractivity contribution in [2.24, 2.45) is 11.1 Å². The van der Waals surface area contributed by atoms with Crippen molar-refractivity contribution in [3.8, 4) is 6.01 Å². The number of halogens is 3. The van der Waals surface area contributed by atoms with Crippen molar-refractivity contribution in [1.82, 2.24) is 24.8 Å². The molecule has 1 unspecified atom stereocenters. The van der Waals surface area contributed by atoms with Gasteiger partial charge in [0.15, 0.2) is 0 Å². The summed E-state index contributed by atoms with van der Waals surface area (Å²) >= 11 is 0. The van der Waals surface area contributed by atoms with E-state index < -0.39 is 11.9 Å². The van der Waals surface area contributed by atoms with Gasteiger partial charge in [-0.25, -0.2) is 9.97 Å². The van der Waals surface area contributed by atoms with Gasteiger partial charge in [0.25, 0.3) is 6.01 Å². The Bertz CT molecular complexity index is 941. The minimum atomic E-state index is -4.53. The first kappa shape index (κ1) is 20.0. The molecular formula is C17H18F3N7O3. The van der Waals surface area contributed by atoms with Gasteiger partial charge in [-0.15, -0.1) is 4.91 Å². The number of carbonyl (C=O) groups excluding carboxylic acids is 1. The highest BCUT2D eigenvalue weighted by Crippen LogP contribution is 2.29. The van der Waals surface area contributed by atoms with Crippen molar-refractivity contribution < 1.29 is 22.7 Å². The zero-order valence-corrected chi connectivity index (χ0v) is 15.7. The van der Waals surface area contributed by atoms with Crippen LogP contribution in [0.15, 0.2) is 23.6 Å². The number of hydrogen-bond donors (Lipinski definition) is 1. The molecule has 0 radical (unpaired) electrons. The van der Waals surface area contributed by atoms with Gasteiger partial charge in [-0.3, -0.25) is 9.36 Å². The van der Waals surface area contributed by atoms with Crippen molar-refractivity contribution >= 4 is 17.7 Å². The molecule has 4 heterocycles. The summed E-state index contributed by atoms with van der Waals surface area (Å²) in [5.74, 6) is -0.397. The summed E-state index contributed by atoms with van der Waals surface area (Å²) in [4.78, 5) is 36.2. The zero-order chi connectivity index (χ0) is 21.3. The Balaban J connectivity index is 1.31. The summed E-state index contributed by atoms with van der Waals surface area (Å²) in [5, 5.41) is 5.68. The summed E-state index contributed by atoms with van der Waals surface area (Å²) < 4.78 is 45.6. The average Bonchev–Trinajstić information content (AvgIpc) is 3.16. The average molecular weight is 425 g/mol. The molecule has 1 fully saturated rings. The maximum absolute atomic E-state index is 12.8. The maximum atomic E-state index is 12.8. The third-order valence-electron chi connectivity index (χ3n) is 5.08. The molecule has 30 heavy (non-hydrogen) atoms. The molecule has 0 bridgehead atoms. The largest absolute Gasteiger partial charge is 0.462 e. The van der Waals surface area contributed by atoms with E-state index in [-0.39, 0.29) is 42.3 Å². The van der Waals surface area contributed by atoms with Crippen LogP contribution in [0.25, 0.3) is 0 Å². The summed E-state index contributed by atoms with van der Waals surface area (Å²) in [7, 11) is 0. The van der Waals surface area contributed by atoms with Gasteiger partial charge in [-0.2, -0.15) is 18.2 Å². The second kappa shape index (κ2) is 7.88. The van der Waals surface area contributed by atoms with Crippen molar-refractivity contribution in [1.29, 1.82) is 0 Å². The zero-order valence-electron chi connectivity index (χ0n) is 15.7. The molecule has 10 nitrogen and oxygen atoms in total. The Morgan fingerprint density at radius 1 is 1.27 bits per heavy atom. The number of ether oxygens (including phenoxy) is 1. The van der Waals surface area contributed by atoms with Crippen LogP contribution in [0.3, 0.4) is 0 Å². The fourth-order valence-corrected chi connectivity index (χ4v) is 3.55. The summed E-state index contributed by atoms with van der Waals surface area (Å²) in [6, 6.07) is 0.823. The molecule has 4 rings (SSSR count). The lowest BCUT2D eigenvalue weighted by Crippen LogP contribution is -2.48. The minimum Gasteiger partial charge on any atom is -0.462 e. The molecule has 2 aliphatic rings. The molecule has 1 amide bonds. The van der Waals surface area contributed by atoms with E-state index in [0.29, 0.717) is 32.5 Å². The number of alkyl halides is 3. The van der Waals surface area contributed by atoms with Crippen LogP contribution in [-0.4, -0.2) is 51.2 Å². The highest BCUT2D eigenvalue weighted by Gasteiger charge is 2.34. The molecule has 0 aromatic carbocycles. The number of amides is 1. The molecular weight excluding hydrogens is 407 g/mol. The topological polar surface area (TPSA) is 115 Å². The van der Waals surface area contributed by atoms with E-state index in [1.165, 1.54) is 6.20 Å². The number of hydrogen-bond acceptors (Lipinski definition) is 8. The Labute approximate surface area is 168 Å². The van der Waals surface area contributed by atoms with E-state index >= 15 is 0 Å². The molecule has 160 valence electrons. The Hall–Kier alpha value is -3.25. The van der Waals surface area contributed by atoms with E-state index in [0.717, 1.165) is 12.3 Å². The summed E-state index contributed by atoms with van der Waals surface area (Å²) in [6.07, 6.45) is -1.06. The number of carbonyl (C=O) groups is 1. The quantitative estimate of drug-likeness (QED) is 0.744. The number of nitrogens with zero attached hydrogens (tertiary/aromatic N) is 6. The van der Waals surface area contributed by atoms with Gasteiger partial charge in [0.1, 0.15) is 12.3 Å². The predicted molar refractivity (Wildman–Crippen MR) is 97.1 cm³/mol. The van der Waals surface area contributed by atoms with Gasteiger partial charge in [0, 0.05) is 25.2 Å². The van der Waals surface area contributed by atoms with Gasteiger partial charge < -0.3 is 15.0 Å².